The highest BCUT2D eigenvalue weighted by molar-refractivity contribution is 6.19. The standard InChI is InChI=1S/C52H37NO/c1-33-25-29-47-45(31-33)46-32-36(38-22-12-23-44-39-17-9-10-24-49(39)54-52(38)44)27-30-48(46)53(47)37-16-11-15-35(26-28-37)51-42-20-7-5-18-40(42)50(34-13-3-2-4-14-34)41-19-6-8-21-43(41)51/h2-10,12-14,17-32H,11,15-16H2,1H3. The number of fused-ring (bicyclic) bond motifs is 8. The van der Waals surface area contributed by atoms with Gasteiger partial charge in [0, 0.05) is 32.8 Å². The van der Waals surface area contributed by atoms with Crippen LogP contribution in [0, 0.1) is 6.92 Å². The van der Waals surface area contributed by atoms with Crippen LogP contribution in [0.15, 0.2) is 174 Å². The van der Waals surface area contributed by atoms with Crippen molar-refractivity contribution in [3.8, 4) is 22.3 Å². The quantitative estimate of drug-likeness (QED) is 0.168. The van der Waals surface area contributed by atoms with Gasteiger partial charge in [-0.05, 0) is 112 Å². The molecule has 0 fully saturated rings. The van der Waals surface area contributed by atoms with Crippen LogP contribution in [-0.2, 0) is 0 Å². The molecule has 0 atom stereocenters. The van der Waals surface area contributed by atoms with Gasteiger partial charge in [-0.25, -0.2) is 0 Å². The first-order valence-electron chi connectivity index (χ1n) is 19.1. The van der Waals surface area contributed by atoms with Gasteiger partial charge in [-0.2, -0.15) is 0 Å². The molecule has 2 nitrogen and oxygen atoms in total. The molecule has 0 N–H and O–H groups in total. The molecule has 0 radical (unpaired) electrons. The second kappa shape index (κ2) is 12.2. The van der Waals surface area contributed by atoms with E-state index in [0.717, 1.165) is 46.8 Å². The predicted octanol–water partition coefficient (Wildman–Crippen LogP) is 14.8. The van der Waals surface area contributed by atoms with Gasteiger partial charge in [-0.1, -0.05) is 139 Å². The van der Waals surface area contributed by atoms with Crippen molar-refractivity contribution < 1.29 is 4.42 Å². The van der Waals surface area contributed by atoms with Crippen LogP contribution in [-0.4, -0.2) is 4.57 Å². The minimum atomic E-state index is 0.925. The number of rotatable bonds is 4. The summed E-state index contributed by atoms with van der Waals surface area (Å²) in [6.07, 6.45) is 7.89. The number of benzene rings is 8. The molecule has 2 heterocycles. The van der Waals surface area contributed by atoms with Crippen LogP contribution >= 0.6 is 0 Å². The summed E-state index contributed by atoms with van der Waals surface area (Å²) in [5.74, 6) is 0. The first-order valence-corrected chi connectivity index (χ1v) is 19.1. The average Bonchev–Trinajstić information content (AvgIpc) is 3.65. The fourth-order valence-electron chi connectivity index (χ4n) is 9.20. The molecule has 11 rings (SSSR count). The van der Waals surface area contributed by atoms with Crippen LogP contribution in [0.2, 0.25) is 0 Å². The van der Waals surface area contributed by atoms with E-state index >= 15 is 0 Å². The highest BCUT2D eigenvalue weighted by Crippen LogP contribution is 2.45. The Labute approximate surface area is 313 Å². The summed E-state index contributed by atoms with van der Waals surface area (Å²) in [6.45, 7) is 2.19. The van der Waals surface area contributed by atoms with Crippen LogP contribution < -0.4 is 0 Å². The van der Waals surface area contributed by atoms with Crippen molar-refractivity contribution in [2.75, 3.05) is 0 Å². The summed E-state index contributed by atoms with van der Waals surface area (Å²) in [5, 5.41) is 10.1. The maximum absolute atomic E-state index is 6.48. The molecule has 2 heteroatoms. The summed E-state index contributed by atoms with van der Waals surface area (Å²) in [5.41, 5.74) is 14.6. The predicted molar refractivity (Wildman–Crippen MR) is 230 cm³/mol. The number of nitrogens with zero attached hydrogens (tertiary/aromatic N) is 1. The first kappa shape index (κ1) is 30.9. The molecule has 0 saturated heterocycles. The van der Waals surface area contributed by atoms with Crippen LogP contribution in [0.1, 0.15) is 30.4 Å². The zero-order valence-electron chi connectivity index (χ0n) is 30.1. The number of hydrogen-bond donors (Lipinski definition) is 0. The zero-order chi connectivity index (χ0) is 35.8. The van der Waals surface area contributed by atoms with Gasteiger partial charge in [-0.3, -0.25) is 0 Å². The fraction of sp³-hybridized carbons (Fsp3) is 0.0769. The molecule has 0 saturated carbocycles. The summed E-state index contributed by atoms with van der Waals surface area (Å²) in [4.78, 5) is 0. The molecule has 0 aliphatic heterocycles. The first-order chi connectivity index (χ1) is 26.7. The highest BCUT2D eigenvalue weighted by atomic mass is 16.3. The lowest BCUT2D eigenvalue weighted by Gasteiger charge is -2.19. The maximum Gasteiger partial charge on any atom is 0.143 e. The van der Waals surface area contributed by atoms with Crippen molar-refractivity contribution in [2.24, 2.45) is 0 Å². The molecule has 1 aliphatic carbocycles. The van der Waals surface area contributed by atoms with Gasteiger partial charge < -0.3 is 8.98 Å². The van der Waals surface area contributed by atoms with Crippen molar-refractivity contribution in [2.45, 2.75) is 26.2 Å². The molecular formula is C52H37NO. The van der Waals surface area contributed by atoms with E-state index in [1.54, 1.807) is 0 Å². The van der Waals surface area contributed by atoms with Gasteiger partial charge in [0.2, 0.25) is 0 Å². The molecule has 8 aromatic carbocycles. The Morgan fingerprint density at radius 3 is 1.85 bits per heavy atom. The molecule has 2 aromatic heterocycles. The lowest BCUT2D eigenvalue weighted by atomic mass is 9.85. The van der Waals surface area contributed by atoms with Gasteiger partial charge in [0.25, 0.3) is 0 Å². The largest absolute Gasteiger partial charge is 0.455 e. The molecule has 0 bridgehead atoms. The van der Waals surface area contributed by atoms with Crippen molar-refractivity contribution in [1.82, 2.24) is 4.57 Å². The number of hydrogen-bond acceptors (Lipinski definition) is 1. The van der Waals surface area contributed by atoms with E-state index in [-0.39, 0.29) is 0 Å². The van der Waals surface area contributed by atoms with Gasteiger partial charge in [-0.15, -0.1) is 0 Å². The number of furan rings is 1. The Kier molecular flexibility index (Phi) is 7.00. The maximum atomic E-state index is 6.48. The third kappa shape index (κ3) is 4.73. The molecule has 0 unspecified atom stereocenters. The monoisotopic (exact) mass is 691 g/mol. The summed E-state index contributed by atoms with van der Waals surface area (Å²) < 4.78 is 9.00. The van der Waals surface area contributed by atoms with Crippen molar-refractivity contribution in [1.29, 1.82) is 0 Å². The van der Waals surface area contributed by atoms with E-state index in [2.05, 4.69) is 175 Å². The van der Waals surface area contributed by atoms with Gasteiger partial charge in [0.05, 0.1) is 11.0 Å². The summed E-state index contributed by atoms with van der Waals surface area (Å²) in [7, 11) is 0. The smallest absolute Gasteiger partial charge is 0.143 e. The van der Waals surface area contributed by atoms with E-state index < -0.39 is 0 Å². The van der Waals surface area contributed by atoms with E-state index in [9.17, 15) is 0 Å². The van der Waals surface area contributed by atoms with E-state index in [1.807, 2.05) is 6.07 Å². The Balaban J connectivity index is 1.09. The van der Waals surface area contributed by atoms with Crippen LogP contribution in [0.25, 0.3) is 98.8 Å². The summed E-state index contributed by atoms with van der Waals surface area (Å²) >= 11 is 0. The van der Waals surface area contributed by atoms with Gasteiger partial charge in [0.1, 0.15) is 11.2 Å². The minimum Gasteiger partial charge on any atom is -0.455 e. The molecule has 54 heavy (non-hydrogen) atoms. The SMILES string of the molecule is Cc1ccc2c(c1)c1cc(-c3cccc4c3oc3ccccc34)ccc1n2C1=CC=C(c2c3ccccc3c(-c3ccccc3)c3ccccc23)CCC1. The van der Waals surface area contributed by atoms with Crippen LogP contribution in [0.4, 0.5) is 0 Å². The Hall–Kier alpha value is -6.64. The normalized spacial score (nSPS) is 13.6. The third-order valence-corrected chi connectivity index (χ3v) is 11.6. The summed E-state index contributed by atoms with van der Waals surface area (Å²) in [6, 6.07) is 57.6. The lowest BCUT2D eigenvalue weighted by molar-refractivity contribution is 0.670. The zero-order valence-corrected chi connectivity index (χ0v) is 30.1. The van der Waals surface area contributed by atoms with E-state index in [1.165, 1.54) is 82.4 Å². The molecule has 0 amide bonds. The van der Waals surface area contributed by atoms with Gasteiger partial charge in [0.15, 0.2) is 0 Å². The van der Waals surface area contributed by atoms with Crippen LogP contribution in [0.3, 0.4) is 0 Å². The number of allylic oxidation sites excluding steroid dienone is 4. The Bertz CT molecular complexity index is 3130. The van der Waals surface area contributed by atoms with Gasteiger partial charge >= 0.3 is 0 Å². The molecular weight excluding hydrogens is 655 g/mol. The van der Waals surface area contributed by atoms with Crippen molar-refractivity contribution >= 4 is 76.6 Å². The number of aryl methyl sites for hydroxylation is 1. The molecule has 1 aliphatic rings. The molecule has 256 valence electrons. The van der Waals surface area contributed by atoms with Crippen molar-refractivity contribution in [3.05, 3.63) is 181 Å². The number of para-hydroxylation sites is 2. The van der Waals surface area contributed by atoms with E-state index in [4.69, 9.17) is 4.42 Å². The Morgan fingerprint density at radius 1 is 0.463 bits per heavy atom. The molecule has 10 aromatic rings. The lowest BCUT2D eigenvalue weighted by Crippen LogP contribution is -1.96. The minimum absolute atomic E-state index is 0.925. The molecule has 0 spiro atoms. The third-order valence-electron chi connectivity index (χ3n) is 11.6. The average molecular weight is 692 g/mol. The van der Waals surface area contributed by atoms with Crippen molar-refractivity contribution in [3.63, 3.8) is 0 Å². The topological polar surface area (TPSA) is 18.1 Å². The number of aromatic nitrogens is 1. The second-order valence-corrected chi connectivity index (χ2v) is 14.8. The Morgan fingerprint density at radius 2 is 1.09 bits per heavy atom. The second-order valence-electron chi connectivity index (χ2n) is 14.8. The fourth-order valence-corrected chi connectivity index (χ4v) is 9.20. The van der Waals surface area contributed by atoms with Crippen LogP contribution in [0.5, 0.6) is 0 Å². The van der Waals surface area contributed by atoms with E-state index in [0.29, 0.717) is 0 Å². The highest BCUT2D eigenvalue weighted by Gasteiger charge is 2.21.